The SMILES string of the molecule is O=C(O)C1CCC(NCc2ccc(C3N=C(c4nnn(-c5ccccc5F)c4-c4ccncc4)ON3)cc2)CC1. The highest BCUT2D eigenvalue weighted by Gasteiger charge is 2.29. The van der Waals surface area contributed by atoms with E-state index in [2.05, 4.69) is 26.1 Å². The molecule has 1 fully saturated rings. The van der Waals surface area contributed by atoms with Crippen LogP contribution in [0.15, 0.2) is 78.0 Å². The summed E-state index contributed by atoms with van der Waals surface area (Å²) in [7, 11) is 0. The molecule has 3 N–H and O–H groups in total. The van der Waals surface area contributed by atoms with Gasteiger partial charge in [-0.3, -0.25) is 9.78 Å². The molecule has 2 aromatic heterocycles. The third-order valence-corrected chi connectivity index (χ3v) is 7.39. The summed E-state index contributed by atoms with van der Waals surface area (Å²) in [6, 6.07) is 18.3. The Morgan fingerprint density at radius 1 is 1.05 bits per heavy atom. The van der Waals surface area contributed by atoms with E-state index in [1.165, 1.54) is 10.7 Å². The molecular weight excluding hydrogens is 513 g/mol. The molecule has 0 bridgehead atoms. The summed E-state index contributed by atoms with van der Waals surface area (Å²) in [5, 5.41) is 21.3. The molecule has 1 atom stereocenters. The molecule has 4 aromatic rings. The second-order valence-corrected chi connectivity index (χ2v) is 9.95. The minimum absolute atomic E-state index is 0.214. The number of halogens is 1. The van der Waals surface area contributed by atoms with Crippen LogP contribution in [-0.2, 0) is 16.2 Å². The summed E-state index contributed by atoms with van der Waals surface area (Å²) in [6.45, 7) is 0.709. The summed E-state index contributed by atoms with van der Waals surface area (Å²) in [5.74, 6) is -1.08. The van der Waals surface area contributed by atoms with Gasteiger partial charge in [0.25, 0.3) is 5.90 Å². The molecule has 0 radical (unpaired) electrons. The lowest BCUT2D eigenvalue weighted by Crippen LogP contribution is -2.34. The number of benzene rings is 2. The lowest BCUT2D eigenvalue weighted by atomic mass is 9.86. The van der Waals surface area contributed by atoms with Gasteiger partial charge in [-0.2, -0.15) is 0 Å². The fraction of sp³-hybridized carbons (Fsp3) is 0.276. The molecule has 1 unspecified atom stereocenters. The molecule has 6 rings (SSSR count). The normalized spacial score (nSPS) is 20.6. The molecule has 1 saturated carbocycles. The number of hydroxylamine groups is 1. The Morgan fingerprint density at radius 3 is 2.52 bits per heavy atom. The molecule has 2 aromatic carbocycles. The fourth-order valence-corrected chi connectivity index (χ4v) is 5.14. The zero-order valence-electron chi connectivity index (χ0n) is 21.6. The lowest BCUT2D eigenvalue weighted by molar-refractivity contribution is -0.142. The molecule has 2 aliphatic rings. The molecule has 40 heavy (non-hydrogen) atoms. The maximum absolute atomic E-state index is 14.7. The summed E-state index contributed by atoms with van der Waals surface area (Å²) in [6.07, 6.45) is 6.03. The maximum atomic E-state index is 14.7. The quantitative estimate of drug-likeness (QED) is 0.303. The second kappa shape index (κ2) is 11.3. The predicted molar refractivity (Wildman–Crippen MR) is 145 cm³/mol. The van der Waals surface area contributed by atoms with Crippen LogP contribution in [0.1, 0.15) is 48.7 Å². The van der Waals surface area contributed by atoms with Gasteiger partial charge in [0.2, 0.25) is 0 Å². The van der Waals surface area contributed by atoms with Crippen molar-refractivity contribution < 1.29 is 19.1 Å². The average molecular weight is 542 g/mol. The van der Waals surface area contributed by atoms with Gasteiger partial charge in [-0.05, 0) is 61.1 Å². The van der Waals surface area contributed by atoms with Gasteiger partial charge in [-0.25, -0.2) is 14.1 Å². The number of hydrogen-bond acceptors (Lipinski definition) is 8. The van der Waals surface area contributed by atoms with E-state index in [0.717, 1.165) is 42.4 Å². The number of nitrogens with one attached hydrogen (secondary N) is 2. The number of aliphatic imine (C=N–C) groups is 1. The molecule has 11 heteroatoms. The van der Waals surface area contributed by atoms with Crippen molar-refractivity contribution in [2.75, 3.05) is 0 Å². The number of hydrogen-bond donors (Lipinski definition) is 3. The number of carboxylic acid groups (broad SMARTS) is 1. The minimum atomic E-state index is -0.687. The maximum Gasteiger partial charge on any atom is 0.306 e. The Kier molecular flexibility index (Phi) is 7.30. The number of nitrogens with zero attached hydrogens (tertiary/aromatic N) is 5. The van der Waals surface area contributed by atoms with E-state index < -0.39 is 18.0 Å². The van der Waals surface area contributed by atoms with Crippen LogP contribution >= 0.6 is 0 Å². The number of aliphatic carboxylic acids is 1. The van der Waals surface area contributed by atoms with Crippen molar-refractivity contribution in [2.45, 2.75) is 44.4 Å². The van der Waals surface area contributed by atoms with Crippen molar-refractivity contribution in [2.24, 2.45) is 10.9 Å². The van der Waals surface area contributed by atoms with Gasteiger partial charge in [-0.1, -0.05) is 41.6 Å². The zero-order valence-corrected chi connectivity index (χ0v) is 21.6. The molecule has 3 heterocycles. The Morgan fingerprint density at radius 2 is 1.80 bits per heavy atom. The minimum Gasteiger partial charge on any atom is -0.481 e. The van der Waals surface area contributed by atoms with E-state index in [0.29, 0.717) is 24.0 Å². The van der Waals surface area contributed by atoms with E-state index in [9.17, 15) is 14.3 Å². The van der Waals surface area contributed by atoms with E-state index in [4.69, 9.17) is 9.83 Å². The van der Waals surface area contributed by atoms with Gasteiger partial charge in [0.05, 0.1) is 5.92 Å². The highest BCUT2D eigenvalue weighted by molar-refractivity contribution is 5.98. The molecule has 10 nitrogen and oxygen atoms in total. The number of aromatic nitrogens is 4. The van der Waals surface area contributed by atoms with Crippen LogP contribution in [0.5, 0.6) is 0 Å². The third kappa shape index (κ3) is 5.33. The van der Waals surface area contributed by atoms with Crippen LogP contribution in [0.3, 0.4) is 0 Å². The van der Waals surface area contributed by atoms with Crippen molar-refractivity contribution in [3.05, 3.63) is 95.7 Å². The standard InChI is InChI=1S/C29H28FN7O3/c30-23-3-1-2-4-24(23)37-26(19-13-15-31-16-14-19)25(34-36-37)28-33-27(35-40-28)20-7-5-18(6-8-20)17-32-22-11-9-21(10-12-22)29(38)39/h1-8,13-16,21-22,27,32,35H,9-12,17H2,(H,38,39). The van der Waals surface area contributed by atoms with Gasteiger partial charge in [0, 0.05) is 30.5 Å². The zero-order chi connectivity index (χ0) is 27.5. The first-order valence-electron chi connectivity index (χ1n) is 13.2. The number of carboxylic acids is 1. The van der Waals surface area contributed by atoms with Gasteiger partial charge < -0.3 is 15.3 Å². The molecule has 0 spiro atoms. The number of pyridine rings is 1. The van der Waals surface area contributed by atoms with Crippen LogP contribution in [0.4, 0.5) is 4.39 Å². The van der Waals surface area contributed by atoms with Crippen molar-refractivity contribution in [1.82, 2.24) is 30.8 Å². The Balaban J connectivity index is 1.18. The second-order valence-electron chi connectivity index (χ2n) is 9.95. The topological polar surface area (TPSA) is 127 Å². The first kappa shape index (κ1) is 25.8. The Labute approximate surface area is 229 Å². The Hall–Kier alpha value is -4.48. The fourth-order valence-electron chi connectivity index (χ4n) is 5.14. The van der Waals surface area contributed by atoms with E-state index in [1.54, 1.807) is 42.7 Å². The predicted octanol–water partition coefficient (Wildman–Crippen LogP) is 4.18. The summed E-state index contributed by atoms with van der Waals surface area (Å²) in [4.78, 5) is 25.7. The van der Waals surface area contributed by atoms with E-state index >= 15 is 0 Å². The highest BCUT2D eigenvalue weighted by Crippen LogP contribution is 2.30. The lowest BCUT2D eigenvalue weighted by Gasteiger charge is -2.27. The summed E-state index contributed by atoms with van der Waals surface area (Å²) in [5.41, 5.74) is 6.89. The monoisotopic (exact) mass is 541 g/mol. The molecule has 1 aliphatic heterocycles. The van der Waals surface area contributed by atoms with Crippen LogP contribution < -0.4 is 10.8 Å². The molecule has 1 aliphatic carbocycles. The van der Waals surface area contributed by atoms with Crippen molar-refractivity contribution in [3.63, 3.8) is 0 Å². The molecule has 204 valence electrons. The summed E-state index contributed by atoms with van der Waals surface area (Å²) < 4.78 is 16.1. The number of rotatable bonds is 8. The summed E-state index contributed by atoms with van der Waals surface area (Å²) >= 11 is 0. The van der Waals surface area contributed by atoms with Gasteiger partial charge in [0.1, 0.15) is 17.2 Å². The van der Waals surface area contributed by atoms with Crippen LogP contribution in [-0.4, -0.2) is 43.0 Å². The first-order chi connectivity index (χ1) is 19.6. The molecular formula is C29H28FN7O3. The largest absolute Gasteiger partial charge is 0.481 e. The van der Waals surface area contributed by atoms with Crippen molar-refractivity contribution in [1.29, 1.82) is 0 Å². The smallest absolute Gasteiger partial charge is 0.306 e. The highest BCUT2D eigenvalue weighted by atomic mass is 19.1. The third-order valence-electron chi connectivity index (χ3n) is 7.39. The molecule has 0 amide bonds. The van der Waals surface area contributed by atoms with E-state index in [-0.39, 0.29) is 17.5 Å². The number of carbonyl (C=O) groups is 1. The van der Waals surface area contributed by atoms with E-state index in [1.807, 2.05) is 24.3 Å². The van der Waals surface area contributed by atoms with Crippen LogP contribution in [0.25, 0.3) is 16.9 Å². The van der Waals surface area contributed by atoms with Gasteiger partial charge >= 0.3 is 5.97 Å². The van der Waals surface area contributed by atoms with Crippen molar-refractivity contribution >= 4 is 11.9 Å². The van der Waals surface area contributed by atoms with Gasteiger partial charge in [0.15, 0.2) is 11.9 Å². The average Bonchev–Trinajstić information content (AvgIpc) is 3.65. The first-order valence-corrected chi connectivity index (χ1v) is 13.2. The van der Waals surface area contributed by atoms with Crippen LogP contribution in [0, 0.1) is 11.7 Å². The van der Waals surface area contributed by atoms with Crippen LogP contribution in [0.2, 0.25) is 0 Å². The van der Waals surface area contributed by atoms with Gasteiger partial charge in [-0.15, -0.1) is 10.6 Å². The van der Waals surface area contributed by atoms with Crippen molar-refractivity contribution in [3.8, 4) is 16.9 Å². The number of para-hydroxylation sites is 1. The Bertz CT molecular complexity index is 1520. The molecule has 0 saturated heterocycles.